The van der Waals surface area contributed by atoms with Gasteiger partial charge < -0.3 is 0 Å². The van der Waals surface area contributed by atoms with Crippen LogP contribution in [-0.2, 0) is 6.54 Å². The van der Waals surface area contributed by atoms with Crippen molar-refractivity contribution in [3.05, 3.63) is 37.2 Å². The topological polar surface area (TPSA) is 43.6 Å². The van der Waals surface area contributed by atoms with Crippen molar-refractivity contribution in [2.24, 2.45) is 0 Å². The normalized spacial score (nSPS) is 13.1. The summed E-state index contributed by atoms with van der Waals surface area (Å²) in [6.45, 7) is 5.05. The molecule has 4 nitrogen and oxygen atoms in total. The molecule has 0 amide bonds. The molecular weight excluding hydrogens is 301 g/mol. The van der Waals surface area contributed by atoms with Crippen LogP contribution in [0.15, 0.2) is 42.3 Å². The fourth-order valence-corrected chi connectivity index (χ4v) is 2.44. The molecule has 2 aromatic heterocycles. The van der Waals surface area contributed by atoms with E-state index in [2.05, 4.69) is 21.8 Å². The van der Waals surface area contributed by atoms with Gasteiger partial charge in [-0.05, 0) is 19.1 Å². The molecule has 8 heteroatoms. The Balaban J connectivity index is 2.35. The Hall–Kier alpha value is -1.83. The number of pyridine rings is 1. The molecule has 0 N–H and O–H groups in total. The summed E-state index contributed by atoms with van der Waals surface area (Å²) in [5.41, 5.74) is 0.742. The molecule has 0 saturated heterocycles. The Morgan fingerprint density at radius 1 is 1.33 bits per heavy atom. The minimum atomic E-state index is -4.29. The van der Waals surface area contributed by atoms with Crippen LogP contribution in [0.3, 0.4) is 0 Å². The molecule has 21 heavy (non-hydrogen) atoms. The highest BCUT2D eigenvalue weighted by molar-refractivity contribution is 7.99. The lowest BCUT2D eigenvalue weighted by Crippen LogP contribution is -2.22. The van der Waals surface area contributed by atoms with Gasteiger partial charge in [0.15, 0.2) is 11.0 Å². The third-order valence-electron chi connectivity index (χ3n) is 2.71. The van der Waals surface area contributed by atoms with Crippen LogP contribution in [0.4, 0.5) is 13.2 Å². The number of hydrogen-bond acceptors (Lipinski definition) is 4. The van der Waals surface area contributed by atoms with Crippen molar-refractivity contribution in [2.75, 3.05) is 0 Å². The molecule has 0 radical (unpaired) electrons. The Morgan fingerprint density at radius 3 is 2.57 bits per heavy atom. The van der Waals surface area contributed by atoms with Gasteiger partial charge in [0, 0.05) is 24.5 Å². The maximum Gasteiger partial charge on any atom is 0.400 e. The van der Waals surface area contributed by atoms with Crippen LogP contribution in [0.25, 0.3) is 11.4 Å². The third kappa shape index (κ3) is 3.63. The smallest absolute Gasteiger partial charge is 0.298 e. The Kier molecular flexibility index (Phi) is 4.66. The molecule has 2 aromatic rings. The number of nitrogens with zero attached hydrogens (tertiary/aromatic N) is 4. The zero-order valence-corrected chi connectivity index (χ0v) is 12.0. The molecule has 0 saturated carbocycles. The van der Waals surface area contributed by atoms with Gasteiger partial charge in [0.1, 0.15) is 5.25 Å². The molecule has 0 fully saturated rings. The Labute approximate surface area is 124 Å². The van der Waals surface area contributed by atoms with Crippen LogP contribution < -0.4 is 0 Å². The molecule has 0 aliphatic heterocycles. The number of halogens is 3. The highest BCUT2D eigenvalue weighted by Gasteiger charge is 2.38. The average Bonchev–Trinajstić information content (AvgIpc) is 2.82. The SMILES string of the molecule is C=CCn1c(S[C@@H](C)C(F)(F)F)nnc1-c1ccncc1. The largest absolute Gasteiger partial charge is 0.400 e. The zero-order valence-electron chi connectivity index (χ0n) is 11.2. The van der Waals surface area contributed by atoms with Crippen molar-refractivity contribution < 1.29 is 13.2 Å². The summed E-state index contributed by atoms with van der Waals surface area (Å²) in [5.74, 6) is 0.495. The summed E-state index contributed by atoms with van der Waals surface area (Å²) in [7, 11) is 0. The molecule has 0 aliphatic rings. The van der Waals surface area contributed by atoms with E-state index in [0.717, 1.165) is 12.5 Å². The van der Waals surface area contributed by atoms with E-state index in [4.69, 9.17) is 0 Å². The second-order valence-corrected chi connectivity index (χ2v) is 5.55. The zero-order chi connectivity index (χ0) is 15.5. The summed E-state index contributed by atoms with van der Waals surface area (Å²) in [4.78, 5) is 3.90. The van der Waals surface area contributed by atoms with E-state index in [0.29, 0.717) is 24.1 Å². The van der Waals surface area contributed by atoms with Crippen LogP contribution >= 0.6 is 11.8 Å². The number of hydrogen-bond donors (Lipinski definition) is 0. The van der Waals surface area contributed by atoms with Crippen LogP contribution in [-0.4, -0.2) is 31.2 Å². The summed E-state index contributed by atoms with van der Waals surface area (Å²) >= 11 is 0.634. The predicted molar refractivity (Wildman–Crippen MR) is 74.8 cm³/mol. The van der Waals surface area contributed by atoms with Crippen molar-refractivity contribution in [1.29, 1.82) is 0 Å². The molecule has 0 aliphatic carbocycles. The number of rotatable bonds is 5. The van der Waals surface area contributed by atoms with E-state index < -0.39 is 11.4 Å². The van der Waals surface area contributed by atoms with E-state index in [9.17, 15) is 13.2 Å². The lowest BCUT2D eigenvalue weighted by molar-refractivity contribution is -0.125. The molecular formula is C13H13F3N4S. The van der Waals surface area contributed by atoms with Gasteiger partial charge >= 0.3 is 6.18 Å². The summed E-state index contributed by atoms with van der Waals surface area (Å²) in [6.07, 6.45) is 0.490. The summed E-state index contributed by atoms with van der Waals surface area (Å²) < 4.78 is 39.6. The van der Waals surface area contributed by atoms with Crippen molar-refractivity contribution >= 4 is 11.8 Å². The van der Waals surface area contributed by atoms with Crippen molar-refractivity contribution in [3.8, 4) is 11.4 Å². The second kappa shape index (κ2) is 6.30. The van der Waals surface area contributed by atoms with Crippen molar-refractivity contribution in [3.63, 3.8) is 0 Å². The van der Waals surface area contributed by atoms with Crippen LogP contribution in [0, 0.1) is 0 Å². The molecule has 0 bridgehead atoms. The van der Waals surface area contributed by atoms with Gasteiger partial charge in [0.2, 0.25) is 0 Å². The van der Waals surface area contributed by atoms with Gasteiger partial charge in [0.25, 0.3) is 0 Å². The number of aromatic nitrogens is 4. The molecule has 0 aromatic carbocycles. The highest BCUT2D eigenvalue weighted by Crippen LogP contribution is 2.35. The summed E-state index contributed by atoms with van der Waals surface area (Å²) in [6, 6.07) is 3.45. The molecule has 0 unspecified atom stereocenters. The van der Waals surface area contributed by atoms with Crippen LogP contribution in [0.5, 0.6) is 0 Å². The number of thioether (sulfide) groups is 1. The lowest BCUT2D eigenvalue weighted by Gasteiger charge is -2.15. The van der Waals surface area contributed by atoms with E-state index >= 15 is 0 Å². The van der Waals surface area contributed by atoms with Gasteiger partial charge in [-0.2, -0.15) is 13.2 Å². The lowest BCUT2D eigenvalue weighted by atomic mass is 10.2. The van der Waals surface area contributed by atoms with Crippen molar-refractivity contribution in [2.45, 2.75) is 30.1 Å². The van der Waals surface area contributed by atoms with Gasteiger partial charge in [-0.25, -0.2) is 0 Å². The molecule has 2 heterocycles. The van der Waals surface area contributed by atoms with Gasteiger partial charge in [-0.1, -0.05) is 17.8 Å². The number of alkyl halides is 3. The fraction of sp³-hybridized carbons (Fsp3) is 0.308. The maximum atomic E-state index is 12.7. The first kappa shape index (κ1) is 15.6. The third-order valence-corrected chi connectivity index (χ3v) is 3.84. The predicted octanol–water partition coefficient (Wildman–Crippen LogP) is 3.57. The summed E-state index contributed by atoms with van der Waals surface area (Å²) in [5, 5.41) is 6.52. The second-order valence-electron chi connectivity index (χ2n) is 4.24. The number of allylic oxidation sites excluding steroid dienone is 1. The first-order chi connectivity index (χ1) is 9.93. The Bertz CT molecular complexity index is 610. The average molecular weight is 314 g/mol. The minimum Gasteiger partial charge on any atom is -0.298 e. The van der Waals surface area contributed by atoms with Crippen molar-refractivity contribution in [1.82, 2.24) is 19.7 Å². The quantitative estimate of drug-likeness (QED) is 0.625. The van der Waals surface area contributed by atoms with Crippen LogP contribution in [0.2, 0.25) is 0 Å². The highest BCUT2D eigenvalue weighted by atomic mass is 32.2. The first-order valence-corrected chi connectivity index (χ1v) is 6.99. The molecule has 1 atom stereocenters. The van der Waals surface area contributed by atoms with E-state index in [1.807, 2.05) is 0 Å². The monoisotopic (exact) mass is 314 g/mol. The first-order valence-electron chi connectivity index (χ1n) is 6.11. The molecule has 2 rings (SSSR count). The minimum absolute atomic E-state index is 0.214. The van der Waals surface area contributed by atoms with E-state index in [1.54, 1.807) is 35.2 Å². The maximum absolute atomic E-state index is 12.7. The van der Waals surface area contributed by atoms with Crippen LogP contribution in [0.1, 0.15) is 6.92 Å². The van der Waals surface area contributed by atoms with Gasteiger partial charge in [-0.15, -0.1) is 16.8 Å². The van der Waals surface area contributed by atoms with Gasteiger partial charge in [0.05, 0.1) is 0 Å². The Morgan fingerprint density at radius 2 is 2.00 bits per heavy atom. The fourth-order valence-electron chi connectivity index (χ4n) is 1.61. The van der Waals surface area contributed by atoms with E-state index in [-0.39, 0.29) is 5.16 Å². The van der Waals surface area contributed by atoms with E-state index in [1.165, 1.54) is 0 Å². The standard InChI is InChI=1S/C13H13F3N4S/c1-3-8-20-11(10-4-6-17-7-5-10)18-19-12(20)21-9(2)13(14,15)16/h3-7,9H,1,8H2,2H3/t9-/m0/s1. The molecule has 112 valence electrons. The van der Waals surface area contributed by atoms with Gasteiger partial charge in [-0.3, -0.25) is 9.55 Å². The molecule has 0 spiro atoms.